The van der Waals surface area contributed by atoms with Gasteiger partial charge in [0.1, 0.15) is 11.9 Å². The summed E-state index contributed by atoms with van der Waals surface area (Å²) in [5, 5.41) is 0. The van der Waals surface area contributed by atoms with E-state index < -0.39 is 6.16 Å². The summed E-state index contributed by atoms with van der Waals surface area (Å²) in [7, 11) is 0. The van der Waals surface area contributed by atoms with Crippen molar-refractivity contribution in [3.05, 3.63) is 0 Å². The Kier molecular flexibility index (Phi) is 9.32. The second-order valence-electron chi connectivity index (χ2n) is 2.94. The van der Waals surface area contributed by atoms with Crippen LogP contribution in [-0.4, -0.2) is 12.8 Å². The molecule has 0 aromatic heterocycles. The van der Waals surface area contributed by atoms with Gasteiger partial charge < -0.3 is 9.03 Å². The predicted molar refractivity (Wildman–Crippen MR) is 51.7 cm³/mol. The Labute approximate surface area is 84.5 Å². The first-order valence-electron chi connectivity index (χ1n) is 4.76. The van der Waals surface area contributed by atoms with Crippen LogP contribution in [0.5, 0.6) is 0 Å². The fraction of sp³-hybridized carbons (Fsp3) is 0.889. The van der Waals surface area contributed by atoms with Crippen LogP contribution in [0.4, 0.5) is 4.79 Å². The summed E-state index contributed by atoms with van der Waals surface area (Å²) in [4.78, 5) is 10.4. The lowest BCUT2D eigenvalue weighted by Gasteiger charge is -2.01. The van der Waals surface area contributed by atoms with E-state index in [9.17, 15) is 4.79 Å². The van der Waals surface area contributed by atoms with E-state index in [1.807, 2.05) is 0 Å². The lowest BCUT2D eigenvalue weighted by Crippen LogP contribution is -2.02. The van der Waals surface area contributed by atoms with Crippen molar-refractivity contribution in [1.82, 2.24) is 0 Å². The monoisotopic (exact) mass is 208 g/mol. The summed E-state index contributed by atoms with van der Waals surface area (Å²) < 4.78 is 8.41. The van der Waals surface area contributed by atoms with Crippen LogP contribution in [-0.2, 0) is 9.03 Å². The summed E-state index contributed by atoms with van der Waals surface area (Å²) in [5.74, 6) is 0. The van der Waals surface area contributed by atoms with Gasteiger partial charge in [-0.25, -0.2) is 4.79 Å². The fourth-order valence-corrected chi connectivity index (χ4v) is 1.10. The number of rotatable bonds is 7. The molecule has 78 valence electrons. The number of carbonyl (C=O) groups is 1. The van der Waals surface area contributed by atoms with Gasteiger partial charge in [0.25, 0.3) is 0 Å². The van der Waals surface area contributed by atoms with Gasteiger partial charge in [-0.2, -0.15) is 0 Å². The number of hydrogen-bond donors (Lipinski definition) is 0. The maximum absolute atomic E-state index is 10.4. The third kappa shape index (κ3) is 9.47. The van der Waals surface area contributed by atoms with Gasteiger partial charge >= 0.3 is 6.16 Å². The minimum atomic E-state index is -0.810. The molecule has 0 aromatic carbocycles. The molecular weight excluding hydrogens is 192 g/mol. The molecule has 0 rings (SSSR count). The number of carbonyl (C=O) groups excluding carboxylic acids is 1. The van der Waals surface area contributed by atoms with Crippen molar-refractivity contribution in [2.45, 2.75) is 45.4 Å². The molecule has 0 heterocycles. The van der Waals surface area contributed by atoms with E-state index in [2.05, 4.69) is 15.9 Å². The van der Waals surface area contributed by atoms with Gasteiger partial charge in [-0.15, -0.1) is 0 Å². The van der Waals surface area contributed by atoms with Crippen LogP contribution < -0.4 is 0 Å². The molecule has 0 spiro atoms. The first kappa shape index (κ1) is 12.6. The predicted octanol–water partition coefficient (Wildman–Crippen LogP) is 3.65. The van der Waals surface area contributed by atoms with E-state index >= 15 is 0 Å². The molecule has 0 unspecified atom stereocenters. The average Bonchev–Trinajstić information content (AvgIpc) is 2.16. The second-order valence-corrected chi connectivity index (χ2v) is 3.10. The summed E-state index contributed by atoms with van der Waals surface area (Å²) in [6.45, 7) is 2.58. The highest BCUT2D eigenvalue weighted by Crippen LogP contribution is 2.05. The summed E-state index contributed by atoms with van der Waals surface area (Å²) in [5.41, 5.74) is 0. The standard InChI is InChI=1S/C9H17ClO3/c1-2-3-4-5-6-7-8-12-9(11)13-10/h2-8H2,1H3. The van der Waals surface area contributed by atoms with Crippen LogP contribution >= 0.6 is 11.9 Å². The van der Waals surface area contributed by atoms with E-state index in [1.54, 1.807) is 0 Å². The smallest absolute Gasteiger partial charge is 0.433 e. The molecule has 0 aromatic rings. The summed E-state index contributed by atoms with van der Waals surface area (Å²) in [6, 6.07) is 0. The molecule has 0 N–H and O–H groups in total. The maximum Gasteiger partial charge on any atom is 0.526 e. The lowest BCUT2D eigenvalue weighted by atomic mass is 10.1. The van der Waals surface area contributed by atoms with E-state index in [0.29, 0.717) is 6.61 Å². The van der Waals surface area contributed by atoms with Gasteiger partial charge in [0.15, 0.2) is 0 Å². The van der Waals surface area contributed by atoms with E-state index in [-0.39, 0.29) is 0 Å². The Balaban J connectivity index is 2.95. The van der Waals surface area contributed by atoms with Crippen LogP contribution in [0.2, 0.25) is 0 Å². The lowest BCUT2D eigenvalue weighted by molar-refractivity contribution is 0.101. The van der Waals surface area contributed by atoms with Gasteiger partial charge in [-0.05, 0) is 6.42 Å². The topological polar surface area (TPSA) is 35.5 Å². The van der Waals surface area contributed by atoms with Gasteiger partial charge in [-0.3, -0.25) is 0 Å². The Bertz CT molecular complexity index is 128. The van der Waals surface area contributed by atoms with Crippen molar-refractivity contribution in [2.75, 3.05) is 6.61 Å². The average molecular weight is 209 g/mol. The molecular formula is C9H17ClO3. The zero-order valence-electron chi connectivity index (χ0n) is 8.05. The first-order valence-corrected chi connectivity index (χ1v) is 5.07. The second kappa shape index (κ2) is 9.65. The molecule has 0 radical (unpaired) electrons. The van der Waals surface area contributed by atoms with Crippen LogP contribution in [0.1, 0.15) is 45.4 Å². The van der Waals surface area contributed by atoms with E-state index in [4.69, 9.17) is 11.9 Å². The van der Waals surface area contributed by atoms with Crippen molar-refractivity contribution in [3.63, 3.8) is 0 Å². The number of ether oxygens (including phenoxy) is 1. The third-order valence-electron chi connectivity index (χ3n) is 1.78. The summed E-state index contributed by atoms with van der Waals surface area (Å²) in [6.07, 6.45) is 6.16. The Morgan fingerprint density at radius 3 is 2.38 bits per heavy atom. The molecule has 0 bridgehead atoms. The Morgan fingerprint density at radius 1 is 1.15 bits per heavy atom. The zero-order valence-corrected chi connectivity index (χ0v) is 8.81. The van der Waals surface area contributed by atoms with Gasteiger partial charge in [-0.1, -0.05) is 39.0 Å². The molecule has 0 saturated heterocycles. The van der Waals surface area contributed by atoms with Crippen molar-refractivity contribution >= 4 is 18.0 Å². The normalized spacial score (nSPS) is 9.69. The fourth-order valence-electron chi connectivity index (χ4n) is 1.06. The largest absolute Gasteiger partial charge is 0.526 e. The first-order chi connectivity index (χ1) is 6.31. The number of halogens is 1. The minimum Gasteiger partial charge on any atom is -0.433 e. The molecule has 0 fully saturated rings. The number of unbranched alkanes of at least 4 members (excludes halogenated alkanes) is 5. The van der Waals surface area contributed by atoms with Crippen molar-refractivity contribution in [3.8, 4) is 0 Å². The third-order valence-corrected chi connectivity index (χ3v) is 1.91. The SMILES string of the molecule is CCCCCCCCOC(=O)OCl. The van der Waals surface area contributed by atoms with E-state index in [1.165, 1.54) is 25.7 Å². The van der Waals surface area contributed by atoms with Gasteiger partial charge in [0.05, 0.1) is 6.61 Å². The molecule has 0 aliphatic heterocycles. The summed E-state index contributed by atoms with van der Waals surface area (Å²) >= 11 is 4.76. The molecule has 3 nitrogen and oxygen atoms in total. The molecule has 0 amide bonds. The zero-order chi connectivity index (χ0) is 9.94. The highest BCUT2D eigenvalue weighted by molar-refractivity contribution is 6.12. The van der Waals surface area contributed by atoms with Crippen LogP contribution in [0.15, 0.2) is 0 Å². The van der Waals surface area contributed by atoms with Crippen LogP contribution in [0.3, 0.4) is 0 Å². The number of hydrogen-bond acceptors (Lipinski definition) is 3. The molecule has 0 saturated carbocycles. The molecule has 13 heavy (non-hydrogen) atoms. The molecule has 0 aliphatic carbocycles. The van der Waals surface area contributed by atoms with Crippen molar-refractivity contribution in [1.29, 1.82) is 0 Å². The Morgan fingerprint density at radius 2 is 1.77 bits per heavy atom. The minimum absolute atomic E-state index is 0.400. The molecule has 0 atom stereocenters. The maximum atomic E-state index is 10.4. The highest BCUT2D eigenvalue weighted by Gasteiger charge is 2.00. The van der Waals surface area contributed by atoms with E-state index in [0.717, 1.165) is 12.8 Å². The van der Waals surface area contributed by atoms with Crippen molar-refractivity contribution in [2.24, 2.45) is 0 Å². The quantitative estimate of drug-likeness (QED) is 0.473. The van der Waals surface area contributed by atoms with Gasteiger partial charge in [0, 0.05) is 0 Å². The Hall–Kier alpha value is -0.440. The molecule has 0 aliphatic rings. The molecule has 4 heteroatoms. The van der Waals surface area contributed by atoms with Crippen molar-refractivity contribution < 1.29 is 13.8 Å². The van der Waals surface area contributed by atoms with Gasteiger partial charge in [0.2, 0.25) is 0 Å². The van der Waals surface area contributed by atoms with Crippen LogP contribution in [0.25, 0.3) is 0 Å². The highest BCUT2D eigenvalue weighted by atomic mass is 35.5. The van der Waals surface area contributed by atoms with Crippen LogP contribution in [0, 0.1) is 0 Å².